The zero-order valence-electron chi connectivity index (χ0n) is 12.7. The molecule has 0 bridgehead atoms. The first kappa shape index (κ1) is 14.5. The molecule has 2 rings (SSSR count). The summed E-state index contributed by atoms with van der Waals surface area (Å²) < 4.78 is 5.58. The van der Waals surface area contributed by atoms with Crippen LogP contribution >= 0.6 is 0 Å². The normalized spacial score (nSPS) is 11.1. The highest BCUT2D eigenvalue weighted by Gasteiger charge is 2.10. The van der Waals surface area contributed by atoms with Crippen molar-refractivity contribution in [2.75, 3.05) is 5.32 Å². The van der Waals surface area contributed by atoms with Gasteiger partial charge in [-0.05, 0) is 31.9 Å². The number of aryl methyl sites for hydroxylation is 3. The van der Waals surface area contributed by atoms with Crippen molar-refractivity contribution >= 4 is 11.7 Å². The number of hydrogen-bond acceptors (Lipinski definition) is 5. The molecule has 0 aliphatic heterocycles. The second kappa shape index (κ2) is 6.05. The smallest absolute Gasteiger partial charge is 0.320 e. The molecule has 1 aromatic carbocycles. The van der Waals surface area contributed by atoms with Gasteiger partial charge < -0.3 is 15.1 Å². The summed E-state index contributed by atoms with van der Waals surface area (Å²) in [6.07, 6.45) is 0. The molecule has 0 amide bonds. The minimum atomic E-state index is 0.389. The summed E-state index contributed by atoms with van der Waals surface area (Å²) in [5.74, 6) is 0.587. The monoisotopic (exact) mass is 274 g/mol. The molecule has 5 heteroatoms. The van der Waals surface area contributed by atoms with Crippen molar-refractivity contribution in [3.05, 3.63) is 34.7 Å². The van der Waals surface area contributed by atoms with Crippen molar-refractivity contribution in [1.82, 2.24) is 15.5 Å². The van der Waals surface area contributed by atoms with Crippen LogP contribution in [0.25, 0.3) is 0 Å². The standard InChI is InChI=1S/C15H22N4O/c1-9(2)16-8-13-18-19-15(20-13)17-14-11(4)6-10(3)7-12(14)5/h6-7,9,16H,8H2,1-5H3,(H,17,19). The van der Waals surface area contributed by atoms with Crippen LogP contribution in [0.15, 0.2) is 16.5 Å². The van der Waals surface area contributed by atoms with Gasteiger partial charge >= 0.3 is 6.01 Å². The van der Waals surface area contributed by atoms with E-state index in [0.29, 0.717) is 24.5 Å². The van der Waals surface area contributed by atoms with Crippen LogP contribution in [0.4, 0.5) is 11.7 Å². The van der Waals surface area contributed by atoms with Gasteiger partial charge in [-0.3, -0.25) is 0 Å². The first-order valence-electron chi connectivity index (χ1n) is 6.86. The number of benzene rings is 1. The van der Waals surface area contributed by atoms with Gasteiger partial charge in [-0.25, -0.2) is 0 Å². The van der Waals surface area contributed by atoms with Crippen LogP contribution in [0.3, 0.4) is 0 Å². The molecule has 0 aliphatic rings. The zero-order chi connectivity index (χ0) is 14.7. The van der Waals surface area contributed by atoms with Gasteiger partial charge in [0.2, 0.25) is 5.89 Å². The van der Waals surface area contributed by atoms with Crippen LogP contribution in [0.5, 0.6) is 0 Å². The average Bonchev–Trinajstić information content (AvgIpc) is 2.79. The molecule has 0 aliphatic carbocycles. The molecule has 0 saturated heterocycles. The summed E-state index contributed by atoms with van der Waals surface area (Å²) in [6.45, 7) is 11.0. The molecule has 0 radical (unpaired) electrons. The Hall–Kier alpha value is -1.88. The van der Waals surface area contributed by atoms with E-state index in [-0.39, 0.29) is 0 Å². The van der Waals surface area contributed by atoms with Crippen molar-refractivity contribution in [1.29, 1.82) is 0 Å². The first-order chi connectivity index (χ1) is 9.45. The Morgan fingerprint density at radius 2 is 1.75 bits per heavy atom. The minimum absolute atomic E-state index is 0.389. The summed E-state index contributed by atoms with van der Waals surface area (Å²) in [5.41, 5.74) is 4.62. The third-order valence-electron chi connectivity index (χ3n) is 3.04. The van der Waals surface area contributed by atoms with Gasteiger partial charge in [-0.1, -0.05) is 36.6 Å². The highest BCUT2D eigenvalue weighted by atomic mass is 16.4. The fraction of sp³-hybridized carbons (Fsp3) is 0.467. The minimum Gasteiger partial charge on any atom is -0.406 e. The van der Waals surface area contributed by atoms with E-state index in [1.807, 2.05) is 0 Å². The summed E-state index contributed by atoms with van der Waals surface area (Å²) in [6, 6.07) is 5.08. The van der Waals surface area contributed by atoms with E-state index in [9.17, 15) is 0 Å². The lowest BCUT2D eigenvalue weighted by molar-refractivity contribution is 0.460. The molecule has 0 fully saturated rings. The summed E-state index contributed by atoms with van der Waals surface area (Å²) in [7, 11) is 0. The van der Waals surface area contributed by atoms with E-state index in [0.717, 1.165) is 5.69 Å². The number of hydrogen-bond donors (Lipinski definition) is 2. The summed E-state index contributed by atoms with van der Waals surface area (Å²) >= 11 is 0. The van der Waals surface area contributed by atoms with Gasteiger partial charge in [0.25, 0.3) is 0 Å². The molecule has 1 aromatic heterocycles. The third-order valence-corrected chi connectivity index (χ3v) is 3.04. The van der Waals surface area contributed by atoms with Crippen molar-refractivity contribution in [3.8, 4) is 0 Å². The lowest BCUT2D eigenvalue weighted by atomic mass is 10.1. The van der Waals surface area contributed by atoms with E-state index < -0.39 is 0 Å². The van der Waals surface area contributed by atoms with Crippen LogP contribution in [0.2, 0.25) is 0 Å². The highest BCUT2D eigenvalue weighted by Crippen LogP contribution is 2.25. The number of nitrogens with one attached hydrogen (secondary N) is 2. The molecule has 1 heterocycles. The van der Waals surface area contributed by atoms with Crippen molar-refractivity contribution in [2.24, 2.45) is 0 Å². The fourth-order valence-electron chi connectivity index (χ4n) is 2.15. The maximum absolute atomic E-state index is 5.58. The van der Waals surface area contributed by atoms with Gasteiger partial charge in [0.05, 0.1) is 6.54 Å². The van der Waals surface area contributed by atoms with Crippen LogP contribution in [0, 0.1) is 20.8 Å². The molecule has 0 unspecified atom stereocenters. The second-order valence-corrected chi connectivity index (χ2v) is 5.44. The molecular weight excluding hydrogens is 252 g/mol. The number of aromatic nitrogens is 2. The molecular formula is C15H22N4O. The Balaban J connectivity index is 2.11. The SMILES string of the molecule is Cc1cc(C)c(Nc2nnc(CNC(C)C)o2)c(C)c1. The molecule has 0 saturated carbocycles. The van der Waals surface area contributed by atoms with Gasteiger partial charge in [-0.15, -0.1) is 5.10 Å². The quantitative estimate of drug-likeness (QED) is 0.876. The van der Waals surface area contributed by atoms with Crippen LogP contribution in [-0.4, -0.2) is 16.2 Å². The van der Waals surface area contributed by atoms with Crippen LogP contribution < -0.4 is 10.6 Å². The van der Waals surface area contributed by atoms with Gasteiger partial charge in [0, 0.05) is 11.7 Å². The second-order valence-electron chi connectivity index (χ2n) is 5.44. The predicted molar refractivity (Wildman–Crippen MR) is 80.2 cm³/mol. The van der Waals surface area contributed by atoms with Crippen molar-refractivity contribution in [2.45, 2.75) is 47.2 Å². The molecule has 20 heavy (non-hydrogen) atoms. The van der Waals surface area contributed by atoms with E-state index in [2.05, 4.69) is 67.6 Å². The molecule has 0 atom stereocenters. The molecule has 5 nitrogen and oxygen atoms in total. The Kier molecular flexibility index (Phi) is 4.39. The van der Waals surface area contributed by atoms with Crippen molar-refractivity contribution in [3.63, 3.8) is 0 Å². The van der Waals surface area contributed by atoms with E-state index in [1.54, 1.807) is 0 Å². The lowest BCUT2D eigenvalue weighted by Gasteiger charge is -2.10. The Bertz CT molecular complexity index is 566. The van der Waals surface area contributed by atoms with Gasteiger partial charge in [0.15, 0.2) is 0 Å². The number of nitrogens with zero attached hydrogens (tertiary/aromatic N) is 2. The largest absolute Gasteiger partial charge is 0.406 e. The maximum atomic E-state index is 5.58. The maximum Gasteiger partial charge on any atom is 0.320 e. The third kappa shape index (κ3) is 3.57. The van der Waals surface area contributed by atoms with E-state index >= 15 is 0 Å². The molecule has 2 N–H and O–H groups in total. The number of rotatable bonds is 5. The summed E-state index contributed by atoms with van der Waals surface area (Å²) in [5, 5.41) is 14.5. The summed E-state index contributed by atoms with van der Waals surface area (Å²) in [4.78, 5) is 0. The van der Waals surface area contributed by atoms with E-state index in [4.69, 9.17) is 4.42 Å². The number of anilines is 2. The fourth-order valence-corrected chi connectivity index (χ4v) is 2.15. The molecule has 0 spiro atoms. The van der Waals surface area contributed by atoms with Crippen molar-refractivity contribution < 1.29 is 4.42 Å². The zero-order valence-corrected chi connectivity index (χ0v) is 12.7. The Morgan fingerprint density at radius 1 is 1.10 bits per heavy atom. The van der Waals surface area contributed by atoms with E-state index in [1.165, 1.54) is 16.7 Å². The lowest BCUT2D eigenvalue weighted by Crippen LogP contribution is -2.21. The average molecular weight is 274 g/mol. The Morgan fingerprint density at radius 3 is 2.35 bits per heavy atom. The highest BCUT2D eigenvalue weighted by molar-refractivity contribution is 5.62. The molecule has 108 valence electrons. The van der Waals surface area contributed by atoms with Gasteiger partial charge in [0.1, 0.15) is 0 Å². The molecule has 2 aromatic rings. The van der Waals surface area contributed by atoms with Crippen LogP contribution in [-0.2, 0) is 6.54 Å². The first-order valence-corrected chi connectivity index (χ1v) is 6.86. The van der Waals surface area contributed by atoms with Gasteiger partial charge in [-0.2, -0.15) is 0 Å². The van der Waals surface area contributed by atoms with Crippen LogP contribution in [0.1, 0.15) is 36.4 Å². The predicted octanol–water partition coefficient (Wildman–Crippen LogP) is 3.24. The Labute approximate surface area is 119 Å². The topological polar surface area (TPSA) is 63.0 Å².